The zero-order valence-corrected chi connectivity index (χ0v) is 19.9. The first kappa shape index (κ1) is 23.5. The second-order valence-electron chi connectivity index (χ2n) is 8.75. The molecule has 6 nitrogen and oxygen atoms in total. The number of piperidine rings is 1. The van der Waals surface area contributed by atoms with Gasteiger partial charge in [-0.25, -0.2) is 5.01 Å². The summed E-state index contributed by atoms with van der Waals surface area (Å²) in [6.07, 6.45) is 2.31. The molecule has 0 aromatic heterocycles. The van der Waals surface area contributed by atoms with Crippen LogP contribution in [0.4, 0.5) is 0 Å². The number of rotatable bonds is 6. The Morgan fingerprint density at radius 1 is 1.18 bits per heavy atom. The summed E-state index contributed by atoms with van der Waals surface area (Å²) in [6.45, 7) is 5.80. The van der Waals surface area contributed by atoms with E-state index in [4.69, 9.17) is 21.4 Å². The van der Waals surface area contributed by atoms with Gasteiger partial charge in [-0.05, 0) is 56.5 Å². The molecule has 2 aliphatic rings. The predicted octanol–water partition coefficient (Wildman–Crippen LogP) is 4.60. The molecule has 1 saturated heterocycles. The zero-order chi connectivity index (χ0) is 23.4. The SMILES string of the molecule is CCOC(=O)[C@H]1CCCN(CC(=O)N2N=C(c3cccc(C)c3)C[C@H]2c2ccc(Cl)cc2)C1. The Balaban J connectivity index is 1.54. The van der Waals surface area contributed by atoms with Gasteiger partial charge in [0.1, 0.15) is 0 Å². The molecule has 0 spiro atoms. The molecular weight excluding hydrogens is 438 g/mol. The molecule has 1 amide bonds. The number of nitrogens with zero attached hydrogens (tertiary/aromatic N) is 3. The Labute approximate surface area is 200 Å². The second-order valence-corrected chi connectivity index (χ2v) is 9.19. The van der Waals surface area contributed by atoms with Gasteiger partial charge in [0, 0.05) is 18.0 Å². The van der Waals surface area contributed by atoms with E-state index in [1.807, 2.05) is 48.2 Å². The van der Waals surface area contributed by atoms with Crippen LogP contribution in [-0.4, -0.2) is 53.7 Å². The summed E-state index contributed by atoms with van der Waals surface area (Å²) in [5, 5.41) is 7.06. The number of hydrogen-bond donors (Lipinski definition) is 0. The van der Waals surface area contributed by atoms with Crippen LogP contribution in [0.2, 0.25) is 5.02 Å². The van der Waals surface area contributed by atoms with Crippen molar-refractivity contribution in [3.8, 4) is 0 Å². The van der Waals surface area contributed by atoms with Gasteiger partial charge in [-0.1, -0.05) is 53.6 Å². The van der Waals surface area contributed by atoms with Gasteiger partial charge in [0.05, 0.1) is 30.8 Å². The van der Waals surface area contributed by atoms with Gasteiger partial charge in [0.15, 0.2) is 0 Å². The van der Waals surface area contributed by atoms with E-state index in [0.29, 0.717) is 24.6 Å². The molecule has 2 aromatic carbocycles. The molecule has 4 rings (SSSR count). The van der Waals surface area contributed by atoms with E-state index >= 15 is 0 Å². The number of halogens is 1. The van der Waals surface area contributed by atoms with Crippen molar-refractivity contribution >= 4 is 29.2 Å². The summed E-state index contributed by atoms with van der Waals surface area (Å²) in [5.41, 5.74) is 4.09. The first-order valence-electron chi connectivity index (χ1n) is 11.6. The number of benzene rings is 2. The smallest absolute Gasteiger partial charge is 0.310 e. The minimum absolute atomic E-state index is 0.0675. The molecule has 2 aliphatic heterocycles. The average molecular weight is 468 g/mol. The van der Waals surface area contributed by atoms with Crippen LogP contribution >= 0.6 is 11.6 Å². The summed E-state index contributed by atoms with van der Waals surface area (Å²) < 4.78 is 5.20. The van der Waals surface area contributed by atoms with Crippen LogP contribution in [0, 0.1) is 12.8 Å². The zero-order valence-electron chi connectivity index (χ0n) is 19.2. The minimum atomic E-state index is -0.184. The normalized spacial score (nSPS) is 21.1. The molecule has 174 valence electrons. The number of aryl methyl sites for hydroxylation is 1. The number of ether oxygens (including phenoxy) is 1. The van der Waals surface area contributed by atoms with E-state index in [9.17, 15) is 9.59 Å². The standard InChI is InChI=1S/C26H30ClN3O3/c1-3-33-26(32)21-8-5-13-29(16-21)17-25(31)30-24(19-9-11-22(27)12-10-19)15-23(28-30)20-7-4-6-18(2)14-20/h4,6-7,9-12,14,21,24H,3,5,8,13,15-17H2,1-2H3/t21-,24-/m0/s1. The third-order valence-electron chi connectivity index (χ3n) is 6.26. The number of carbonyl (C=O) groups is 2. The lowest BCUT2D eigenvalue weighted by molar-refractivity contribution is -0.150. The largest absolute Gasteiger partial charge is 0.466 e. The van der Waals surface area contributed by atoms with Crippen molar-refractivity contribution in [2.75, 3.05) is 26.2 Å². The molecule has 7 heteroatoms. The Bertz CT molecular complexity index is 1040. The summed E-state index contributed by atoms with van der Waals surface area (Å²) in [5.74, 6) is -0.416. The lowest BCUT2D eigenvalue weighted by Crippen LogP contribution is -2.44. The highest BCUT2D eigenvalue weighted by Crippen LogP contribution is 2.34. The molecule has 0 radical (unpaired) electrons. The van der Waals surface area contributed by atoms with Gasteiger partial charge in [-0.15, -0.1) is 0 Å². The number of hydrazone groups is 1. The average Bonchev–Trinajstić information content (AvgIpc) is 3.26. The predicted molar refractivity (Wildman–Crippen MR) is 129 cm³/mol. The van der Waals surface area contributed by atoms with E-state index in [0.717, 1.165) is 41.8 Å². The van der Waals surface area contributed by atoms with E-state index in [-0.39, 0.29) is 30.4 Å². The van der Waals surface area contributed by atoms with Gasteiger partial charge in [-0.3, -0.25) is 14.5 Å². The van der Waals surface area contributed by atoms with Crippen molar-refractivity contribution < 1.29 is 14.3 Å². The van der Waals surface area contributed by atoms with Crippen molar-refractivity contribution in [2.24, 2.45) is 11.0 Å². The lowest BCUT2D eigenvalue weighted by Gasteiger charge is -2.32. The Morgan fingerprint density at radius 2 is 1.97 bits per heavy atom. The maximum absolute atomic E-state index is 13.4. The number of esters is 1. The monoisotopic (exact) mass is 467 g/mol. The summed E-state index contributed by atoms with van der Waals surface area (Å²) >= 11 is 6.10. The molecule has 0 unspecified atom stereocenters. The van der Waals surface area contributed by atoms with Gasteiger partial charge in [0.2, 0.25) is 0 Å². The fraction of sp³-hybridized carbons (Fsp3) is 0.423. The van der Waals surface area contributed by atoms with Crippen molar-refractivity contribution in [1.82, 2.24) is 9.91 Å². The van der Waals surface area contributed by atoms with Crippen LogP contribution in [0.3, 0.4) is 0 Å². The molecule has 0 bridgehead atoms. The third kappa shape index (κ3) is 5.63. The van der Waals surface area contributed by atoms with Crippen LogP contribution in [0.15, 0.2) is 53.6 Å². The third-order valence-corrected chi connectivity index (χ3v) is 6.51. The quantitative estimate of drug-likeness (QED) is 0.582. The Kier molecular flexibility index (Phi) is 7.46. The first-order valence-corrected chi connectivity index (χ1v) is 11.9. The van der Waals surface area contributed by atoms with Crippen molar-refractivity contribution in [2.45, 2.75) is 39.2 Å². The van der Waals surface area contributed by atoms with Gasteiger partial charge in [-0.2, -0.15) is 5.10 Å². The molecule has 2 atom stereocenters. The maximum atomic E-state index is 13.4. The lowest BCUT2D eigenvalue weighted by atomic mass is 9.97. The van der Waals surface area contributed by atoms with Crippen LogP contribution in [0.1, 0.15) is 48.9 Å². The van der Waals surface area contributed by atoms with Crippen molar-refractivity contribution in [1.29, 1.82) is 0 Å². The molecule has 0 aliphatic carbocycles. The first-order chi connectivity index (χ1) is 15.9. The molecule has 2 heterocycles. The van der Waals surface area contributed by atoms with E-state index in [1.165, 1.54) is 0 Å². The fourth-order valence-electron chi connectivity index (χ4n) is 4.60. The van der Waals surface area contributed by atoms with E-state index < -0.39 is 0 Å². The number of carbonyl (C=O) groups excluding carboxylic acids is 2. The van der Waals surface area contributed by atoms with Gasteiger partial charge < -0.3 is 4.74 Å². The summed E-state index contributed by atoms with van der Waals surface area (Å²) in [7, 11) is 0. The molecule has 0 saturated carbocycles. The van der Waals surface area contributed by atoms with Crippen molar-refractivity contribution in [3.05, 3.63) is 70.2 Å². The van der Waals surface area contributed by atoms with Crippen molar-refractivity contribution in [3.63, 3.8) is 0 Å². The topological polar surface area (TPSA) is 62.2 Å². The fourth-order valence-corrected chi connectivity index (χ4v) is 4.73. The number of hydrogen-bond acceptors (Lipinski definition) is 5. The minimum Gasteiger partial charge on any atom is -0.466 e. The molecule has 2 aromatic rings. The molecular formula is C26H30ClN3O3. The number of likely N-dealkylation sites (tertiary alicyclic amines) is 1. The maximum Gasteiger partial charge on any atom is 0.310 e. The van der Waals surface area contributed by atoms with Gasteiger partial charge >= 0.3 is 5.97 Å². The van der Waals surface area contributed by atoms with Crippen LogP contribution in [0.25, 0.3) is 0 Å². The number of amides is 1. The Morgan fingerprint density at radius 3 is 2.70 bits per heavy atom. The highest BCUT2D eigenvalue weighted by Gasteiger charge is 2.35. The van der Waals surface area contributed by atoms with E-state index in [2.05, 4.69) is 19.1 Å². The Hall–Kier alpha value is -2.70. The highest BCUT2D eigenvalue weighted by atomic mass is 35.5. The van der Waals surface area contributed by atoms with Gasteiger partial charge in [0.25, 0.3) is 5.91 Å². The van der Waals surface area contributed by atoms with Crippen LogP contribution < -0.4 is 0 Å². The molecule has 0 N–H and O–H groups in total. The van der Waals surface area contributed by atoms with E-state index in [1.54, 1.807) is 5.01 Å². The highest BCUT2D eigenvalue weighted by molar-refractivity contribution is 6.30. The van der Waals surface area contributed by atoms with Crippen LogP contribution in [-0.2, 0) is 14.3 Å². The second kappa shape index (κ2) is 10.5. The molecule has 1 fully saturated rings. The van der Waals surface area contributed by atoms with Crippen LogP contribution in [0.5, 0.6) is 0 Å². The summed E-state index contributed by atoms with van der Waals surface area (Å²) in [4.78, 5) is 27.7. The summed E-state index contributed by atoms with van der Waals surface area (Å²) in [6, 6.07) is 15.6. The molecule has 33 heavy (non-hydrogen) atoms.